The van der Waals surface area contributed by atoms with Crippen molar-refractivity contribution in [1.82, 2.24) is 0 Å². The van der Waals surface area contributed by atoms with E-state index in [9.17, 15) is 9.59 Å². The van der Waals surface area contributed by atoms with Gasteiger partial charge in [-0.05, 0) is 34.1 Å². The minimum absolute atomic E-state index is 0.167. The monoisotopic (exact) mass is 240 g/mol. The summed E-state index contributed by atoms with van der Waals surface area (Å²) >= 11 is 0. The third-order valence-electron chi connectivity index (χ3n) is 2.71. The van der Waals surface area contributed by atoms with Crippen LogP contribution in [-0.4, -0.2) is 24.1 Å². The summed E-state index contributed by atoms with van der Waals surface area (Å²) < 4.78 is 10.2. The molecular formula is C13H20O4. The standard InChI is InChI=1S/C13H20O4/c1-6-10-7-13(10,11(14)16-8(2)3)12(15)17-9(4)5/h6,8-10H,1,7H2,2-5H3/t10-/m1/s1. The third kappa shape index (κ3) is 2.68. The van der Waals surface area contributed by atoms with Crippen LogP contribution in [0.5, 0.6) is 0 Å². The molecule has 4 heteroatoms. The Hall–Kier alpha value is -1.32. The zero-order valence-corrected chi connectivity index (χ0v) is 10.9. The van der Waals surface area contributed by atoms with E-state index in [0.717, 1.165) is 0 Å². The maximum Gasteiger partial charge on any atom is 0.324 e. The summed E-state index contributed by atoms with van der Waals surface area (Å²) in [6, 6.07) is 0. The van der Waals surface area contributed by atoms with Gasteiger partial charge in [0.25, 0.3) is 0 Å². The zero-order valence-electron chi connectivity index (χ0n) is 10.9. The van der Waals surface area contributed by atoms with Gasteiger partial charge in [0.2, 0.25) is 0 Å². The Morgan fingerprint density at radius 1 is 1.18 bits per heavy atom. The van der Waals surface area contributed by atoms with E-state index in [2.05, 4.69) is 6.58 Å². The number of allylic oxidation sites excluding steroid dienone is 1. The molecule has 1 aliphatic carbocycles. The SMILES string of the molecule is C=C[C@@H]1CC1(C(=O)OC(C)C)C(=O)OC(C)C. The molecule has 4 nitrogen and oxygen atoms in total. The van der Waals surface area contributed by atoms with E-state index in [1.807, 2.05) is 0 Å². The van der Waals surface area contributed by atoms with E-state index < -0.39 is 17.4 Å². The zero-order chi connectivity index (χ0) is 13.2. The van der Waals surface area contributed by atoms with Gasteiger partial charge in [-0.2, -0.15) is 0 Å². The first kappa shape index (κ1) is 13.7. The van der Waals surface area contributed by atoms with Crippen molar-refractivity contribution in [3.8, 4) is 0 Å². The Morgan fingerprint density at radius 3 is 1.82 bits per heavy atom. The quantitative estimate of drug-likeness (QED) is 0.419. The Balaban J connectivity index is 2.81. The predicted octanol–water partition coefficient (Wildman–Crippen LogP) is 2.08. The molecule has 0 aliphatic heterocycles. The Labute approximate surface area is 102 Å². The van der Waals surface area contributed by atoms with Gasteiger partial charge in [0.05, 0.1) is 12.2 Å². The van der Waals surface area contributed by atoms with Gasteiger partial charge < -0.3 is 9.47 Å². The minimum Gasteiger partial charge on any atom is -0.462 e. The molecular weight excluding hydrogens is 220 g/mol. The topological polar surface area (TPSA) is 52.6 Å². The summed E-state index contributed by atoms with van der Waals surface area (Å²) in [6.45, 7) is 10.6. The second-order valence-corrected chi connectivity index (χ2v) is 4.93. The Bertz CT molecular complexity index is 308. The van der Waals surface area contributed by atoms with Crippen LogP contribution in [0.25, 0.3) is 0 Å². The smallest absolute Gasteiger partial charge is 0.324 e. The van der Waals surface area contributed by atoms with Crippen LogP contribution in [-0.2, 0) is 19.1 Å². The lowest BCUT2D eigenvalue weighted by Gasteiger charge is -2.18. The molecule has 17 heavy (non-hydrogen) atoms. The lowest BCUT2D eigenvalue weighted by molar-refractivity contribution is -0.169. The molecule has 1 saturated carbocycles. The third-order valence-corrected chi connectivity index (χ3v) is 2.71. The molecule has 0 aromatic rings. The second-order valence-electron chi connectivity index (χ2n) is 4.93. The molecule has 96 valence electrons. The van der Waals surface area contributed by atoms with Crippen molar-refractivity contribution in [2.24, 2.45) is 11.3 Å². The fourth-order valence-corrected chi connectivity index (χ4v) is 1.76. The highest BCUT2D eigenvalue weighted by Gasteiger charge is 2.67. The number of esters is 2. The molecule has 0 unspecified atom stereocenters. The van der Waals surface area contributed by atoms with Gasteiger partial charge in [-0.25, -0.2) is 0 Å². The normalized spacial score (nSPS) is 21.2. The number of carbonyl (C=O) groups is 2. The van der Waals surface area contributed by atoms with Crippen molar-refractivity contribution < 1.29 is 19.1 Å². The van der Waals surface area contributed by atoms with Crippen LogP contribution in [0.3, 0.4) is 0 Å². The van der Waals surface area contributed by atoms with Crippen LogP contribution in [0.2, 0.25) is 0 Å². The van der Waals surface area contributed by atoms with E-state index in [-0.39, 0.29) is 18.1 Å². The van der Waals surface area contributed by atoms with Crippen molar-refractivity contribution >= 4 is 11.9 Å². The van der Waals surface area contributed by atoms with Gasteiger partial charge in [-0.1, -0.05) is 6.08 Å². The lowest BCUT2D eigenvalue weighted by atomic mass is 10.0. The number of hydrogen-bond donors (Lipinski definition) is 0. The summed E-state index contributed by atoms with van der Waals surface area (Å²) in [5.74, 6) is -1.16. The fraction of sp³-hybridized carbons (Fsp3) is 0.692. The molecule has 0 aromatic heterocycles. The maximum absolute atomic E-state index is 12.0. The number of ether oxygens (including phenoxy) is 2. The minimum atomic E-state index is -1.14. The summed E-state index contributed by atoms with van der Waals surface area (Å²) in [5, 5.41) is 0. The van der Waals surface area contributed by atoms with Crippen LogP contribution in [0.4, 0.5) is 0 Å². The van der Waals surface area contributed by atoms with Crippen LogP contribution < -0.4 is 0 Å². The van der Waals surface area contributed by atoms with Crippen LogP contribution in [0.1, 0.15) is 34.1 Å². The Morgan fingerprint density at radius 2 is 1.59 bits per heavy atom. The highest BCUT2D eigenvalue weighted by atomic mass is 16.6. The molecule has 0 amide bonds. The molecule has 1 aliphatic rings. The first-order valence-corrected chi connectivity index (χ1v) is 5.89. The summed E-state index contributed by atoms with van der Waals surface area (Å²) in [4.78, 5) is 23.9. The first-order valence-electron chi connectivity index (χ1n) is 5.89. The maximum atomic E-state index is 12.0. The summed E-state index contributed by atoms with van der Waals surface area (Å²) in [7, 11) is 0. The van der Waals surface area contributed by atoms with Crippen LogP contribution in [0.15, 0.2) is 12.7 Å². The van der Waals surface area contributed by atoms with Crippen molar-refractivity contribution in [2.45, 2.75) is 46.3 Å². The fourth-order valence-electron chi connectivity index (χ4n) is 1.76. The molecule has 0 radical (unpaired) electrons. The highest BCUT2D eigenvalue weighted by Crippen LogP contribution is 2.55. The molecule has 0 bridgehead atoms. The average Bonchev–Trinajstić information content (AvgIpc) is 2.90. The number of carbonyl (C=O) groups excluding carboxylic acids is 2. The van der Waals surface area contributed by atoms with E-state index in [1.165, 1.54) is 0 Å². The van der Waals surface area contributed by atoms with Gasteiger partial charge in [0.15, 0.2) is 5.41 Å². The largest absolute Gasteiger partial charge is 0.462 e. The summed E-state index contributed by atoms with van der Waals surface area (Å²) in [5.41, 5.74) is -1.14. The highest BCUT2D eigenvalue weighted by molar-refractivity contribution is 6.04. The van der Waals surface area contributed by atoms with E-state index in [0.29, 0.717) is 6.42 Å². The van der Waals surface area contributed by atoms with Gasteiger partial charge in [0, 0.05) is 5.92 Å². The average molecular weight is 240 g/mol. The van der Waals surface area contributed by atoms with Crippen LogP contribution >= 0.6 is 0 Å². The molecule has 0 aromatic carbocycles. The van der Waals surface area contributed by atoms with Gasteiger partial charge in [0.1, 0.15) is 0 Å². The van der Waals surface area contributed by atoms with Gasteiger partial charge >= 0.3 is 11.9 Å². The van der Waals surface area contributed by atoms with Gasteiger partial charge in [-0.3, -0.25) is 9.59 Å². The molecule has 0 heterocycles. The molecule has 1 rings (SSSR count). The van der Waals surface area contributed by atoms with Gasteiger partial charge in [-0.15, -0.1) is 6.58 Å². The van der Waals surface area contributed by atoms with Crippen molar-refractivity contribution in [1.29, 1.82) is 0 Å². The van der Waals surface area contributed by atoms with Crippen molar-refractivity contribution in [3.05, 3.63) is 12.7 Å². The van der Waals surface area contributed by atoms with Crippen LogP contribution in [0, 0.1) is 11.3 Å². The second kappa shape index (κ2) is 4.90. The first-order chi connectivity index (χ1) is 7.84. The van der Waals surface area contributed by atoms with Crippen molar-refractivity contribution in [3.63, 3.8) is 0 Å². The van der Waals surface area contributed by atoms with Crippen molar-refractivity contribution in [2.75, 3.05) is 0 Å². The number of hydrogen-bond acceptors (Lipinski definition) is 4. The van der Waals surface area contributed by atoms with E-state index in [1.54, 1.807) is 33.8 Å². The molecule has 0 spiro atoms. The molecule has 0 saturated heterocycles. The molecule has 1 fully saturated rings. The molecule has 0 N–H and O–H groups in total. The lowest BCUT2D eigenvalue weighted by Crippen LogP contribution is -2.34. The number of rotatable bonds is 5. The Kier molecular flexibility index (Phi) is 3.96. The molecule has 1 atom stereocenters. The predicted molar refractivity (Wildman–Crippen MR) is 63.2 cm³/mol. The van der Waals surface area contributed by atoms with E-state index >= 15 is 0 Å². The van der Waals surface area contributed by atoms with E-state index in [4.69, 9.17) is 9.47 Å². The summed E-state index contributed by atoms with van der Waals surface area (Å²) in [6.07, 6.45) is 1.58.